The first-order valence-electron chi connectivity index (χ1n) is 10.3. The van der Waals surface area contributed by atoms with Crippen molar-refractivity contribution >= 4 is 17.9 Å². The molecule has 0 amide bonds. The predicted octanol–water partition coefficient (Wildman–Crippen LogP) is 5.30. The second-order valence-electron chi connectivity index (χ2n) is 7.43. The van der Waals surface area contributed by atoms with Gasteiger partial charge < -0.3 is 14.6 Å². The van der Waals surface area contributed by atoms with Gasteiger partial charge in [0, 0.05) is 19.4 Å². The van der Waals surface area contributed by atoms with Gasteiger partial charge in [0.15, 0.2) is 0 Å². The lowest BCUT2D eigenvalue weighted by Crippen LogP contribution is -2.05. The zero-order valence-corrected chi connectivity index (χ0v) is 19.0. The van der Waals surface area contributed by atoms with Gasteiger partial charge in [-0.05, 0) is 70.9 Å². The predicted molar refractivity (Wildman–Crippen MR) is 118 cm³/mol. The second-order valence-corrected chi connectivity index (χ2v) is 7.43. The SMILES string of the molecule is CC(=O)OCC=C(CCC=C(C)CCC=C(CCC=C(C)C)C(=O)O)COC(C)=O. The highest BCUT2D eigenvalue weighted by Crippen LogP contribution is 2.14. The van der Waals surface area contributed by atoms with Gasteiger partial charge >= 0.3 is 17.9 Å². The van der Waals surface area contributed by atoms with Crippen LogP contribution in [0.4, 0.5) is 0 Å². The summed E-state index contributed by atoms with van der Waals surface area (Å²) in [5.41, 5.74) is 3.71. The van der Waals surface area contributed by atoms with Crippen molar-refractivity contribution in [3.05, 3.63) is 46.6 Å². The number of rotatable bonds is 14. The Morgan fingerprint density at radius 1 is 0.733 bits per heavy atom. The van der Waals surface area contributed by atoms with Crippen LogP contribution in [0.5, 0.6) is 0 Å². The molecule has 0 fully saturated rings. The molecule has 0 aliphatic heterocycles. The molecule has 1 N–H and O–H groups in total. The zero-order chi connectivity index (χ0) is 22.9. The van der Waals surface area contributed by atoms with Gasteiger partial charge in [-0.2, -0.15) is 0 Å². The minimum atomic E-state index is -0.855. The molecule has 30 heavy (non-hydrogen) atoms. The molecule has 0 aliphatic rings. The summed E-state index contributed by atoms with van der Waals surface area (Å²) < 4.78 is 9.96. The van der Waals surface area contributed by atoms with E-state index < -0.39 is 5.97 Å². The van der Waals surface area contributed by atoms with Gasteiger partial charge in [0.1, 0.15) is 13.2 Å². The van der Waals surface area contributed by atoms with Crippen LogP contribution in [0.2, 0.25) is 0 Å². The second kappa shape index (κ2) is 16.2. The van der Waals surface area contributed by atoms with E-state index in [0.29, 0.717) is 24.8 Å². The minimum Gasteiger partial charge on any atom is -0.478 e. The molecular weight excluding hydrogens is 384 g/mol. The van der Waals surface area contributed by atoms with E-state index in [1.165, 1.54) is 25.0 Å². The molecule has 0 saturated carbocycles. The van der Waals surface area contributed by atoms with E-state index in [0.717, 1.165) is 24.8 Å². The minimum absolute atomic E-state index is 0.157. The van der Waals surface area contributed by atoms with Crippen molar-refractivity contribution in [3.63, 3.8) is 0 Å². The molecule has 0 saturated heterocycles. The third-order valence-electron chi connectivity index (χ3n) is 4.25. The van der Waals surface area contributed by atoms with Crippen LogP contribution in [0.1, 0.15) is 73.1 Å². The molecule has 0 aromatic carbocycles. The number of carboxylic acid groups (broad SMARTS) is 1. The first kappa shape index (κ1) is 27.4. The van der Waals surface area contributed by atoms with Gasteiger partial charge in [0.25, 0.3) is 0 Å². The van der Waals surface area contributed by atoms with E-state index in [1.807, 2.05) is 32.9 Å². The van der Waals surface area contributed by atoms with E-state index in [4.69, 9.17) is 9.47 Å². The molecule has 0 aromatic heterocycles. The Balaban J connectivity index is 4.63. The number of hydrogen-bond donors (Lipinski definition) is 1. The van der Waals surface area contributed by atoms with Crippen molar-refractivity contribution < 1.29 is 29.0 Å². The number of esters is 2. The lowest BCUT2D eigenvalue weighted by atomic mass is 10.0. The molecule has 6 heteroatoms. The van der Waals surface area contributed by atoms with E-state index in [2.05, 4.69) is 6.08 Å². The first-order chi connectivity index (χ1) is 14.1. The average molecular weight is 421 g/mol. The largest absolute Gasteiger partial charge is 0.478 e. The van der Waals surface area contributed by atoms with E-state index in [9.17, 15) is 19.5 Å². The third kappa shape index (κ3) is 16.3. The lowest BCUT2D eigenvalue weighted by molar-refractivity contribution is -0.141. The summed E-state index contributed by atoms with van der Waals surface area (Å²) in [6.07, 6.45) is 11.9. The highest BCUT2D eigenvalue weighted by atomic mass is 16.5. The molecule has 0 aliphatic carbocycles. The Morgan fingerprint density at radius 2 is 1.33 bits per heavy atom. The van der Waals surface area contributed by atoms with Crippen LogP contribution in [0.15, 0.2) is 46.6 Å². The molecule has 0 spiro atoms. The number of carbonyl (C=O) groups excluding carboxylic acids is 2. The zero-order valence-electron chi connectivity index (χ0n) is 19.0. The quantitative estimate of drug-likeness (QED) is 0.233. The summed E-state index contributed by atoms with van der Waals surface area (Å²) in [7, 11) is 0. The van der Waals surface area contributed by atoms with Crippen LogP contribution in [-0.4, -0.2) is 36.2 Å². The van der Waals surface area contributed by atoms with E-state index >= 15 is 0 Å². The van der Waals surface area contributed by atoms with Crippen LogP contribution in [0.3, 0.4) is 0 Å². The van der Waals surface area contributed by atoms with Gasteiger partial charge in [-0.3, -0.25) is 9.59 Å². The molecule has 0 rings (SSSR count). The standard InChI is InChI=1S/C24H36O6/c1-18(2)9-6-13-23(24(27)28)14-8-11-19(3)10-7-12-22(17-30-21(5)26)15-16-29-20(4)25/h9-10,14-15H,6-8,11-13,16-17H2,1-5H3,(H,27,28). The van der Waals surface area contributed by atoms with Gasteiger partial charge in [0.05, 0.1) is 0 Å². The van der Waals surface area contributed by atoms with Gasteiger partial charge in [-0.1, -0.05) is 29.4 Å². The number of carbonyl (C=O) groups is 3. The Morgan fingerprint density at radius 3 is 1.90 bits per heavy atom. The van der Waals surface area contributed by atoms with Crippen molar-refractivity contribution in [2.45, 2.75) is 73.1 Å². The maximum Gasteiger partial charge on any atom is 0.331 e. The molecular formula is C24H36O6. The van der Waals surface area contributed by atoms with Crippen molar-refractivity contribution in [1.29, 1.82) is 0 Å². The summed E-state index contributed by atoms with van der Waals surface area (Å²) in [5.74, 6) is -1.57. The molecule has 0 atom stereocenters. The summed E-state index contributed by atoms with van der Waals surface area (Å²) in [5, 5.41) is 9.32. The molecule has 0 radical (unpaired) electrons. The number of ether oxygens (including phenoxy) is 2. The molecule has 0 aromatic rings. The fraction of sp³-hybridized carbons (Fsp3) is 0.542. The molecule has 0 bridgehead atoms. The summed E-state index contributed by atoms with van der Waals surface area (Å²) in [6, 6.07) is 0. The lowest BCUT2D eigenvalue weighted by Gasteiger charge is -2.08. The van der Waals surface area contributed by atoms with Crippen LogP contribution < -0.4 is 0 Å². The number of allylic oxidation sites excluding steroid dienone is 5. The van der Waals surface area contributed by atoms with Crippen molar-refractivity contribution in [3.8, 4) is 0 Å². The highest BCUT2D eigenvalue weighted by Gasteiger charge is 2.06. The molecule has 0 heterocycles. The Labute approximate surface area is 180 Å². The maximum atomic E-state index is 11.4. The fourth-order valence-corrected chi connectivity index (χ4v) is 2.60. The fourth-order valence-electron chi connectivity index (χ4n) is 2.60. The number of carboxylic acids is 1. The van der Waals surface area contributed by atoms with Crippen LogP contribution in [0, 0.1) is 0 Å². The highest BCUT2D eigenvalue weighted by molar-refractivity contribution is 5.86. The molecule has 0 unspecified atom stereocenters. The smallest absolute Gasteiger partial charge is 0.331 e. The van der Waals surface area contributed by atoms with Crippen LogP contribution >= 0.6 is 0 Å². The monoisotopic (exact) mass is 420 g/mol. The Bertz CT molecular complexity index is 690. The normalized spacial score (nSPS) is 12.4. The van der Waals surface area contributed by atoms with E-state index in [-0.39, 0.29) is 25.2 Å². The third-order valence-corrected chi connectivity index (χ3v) is 4.25. The molecule has 168 valence electrons. The van der Waals surface area contributed by atoms with Gasteiger partial charge in [-0.25, -0.2) is 4.79 Å². The van der Waals surface area contributed by atoms with Crippen molar-refractivity contribution in [2.75, 3.05) is 13.2 Å². The number of aliphatic carboxylic acids is 1. The Hall–Kier alpha value is -2.63. The average Bonchev–Trinajstić information content (AvgIpc) is 2.63. The van der Waals surface area contributed by atoms with Gasteiger partial charge in [0.2, 0.25) is 0 Å². The van der Waals surface area contributed by atoms with Crippen LogP contribution in [0.25, 0.3) is 0 Å². The van der Waals surface area contributed by atoms with Gasteiger partial charge in [-0.15, -0.1) is 0 Å². The van der Waals surface area contributed by atoms with Crippen molar-refractivity contribution in [2.24, 2.45) is 0 Å². The number of hydrogen-bond acceptors (Lipinski definition) is 5. The van der Waals surface area contributed by atoms with E-state index in [1.54, 1.807) is 6.08 Å². The summed E-state index contributed by atoms with van der Waals surface area (Å²) >= 11 is 0. The maximum absolute atomic E-state index is 11.4. The van der Waals surface area contributed by atoms with Crippen LogP contribution in [-0.2, 0) is 23.9 Å². The molecule has 6 nitrogen and oxygen atoms in total. The Kier molecular flexibility index (Phi) is 14.8. The first-order valence-corrected chi connectivity index (χ1v) is 10.3. The topological polar surface area (TPSA) is 89.9 Å². The summed E-state index contributed by atoms with van der Waals surface area (Å²) in [4.78, 5) is 33.3. The van der Waals surface area contributed by atoms with Crippen molar-refractivity contribution in [1.82, 2.24) is 0 Å². The summed E-state index contributed by atoms with van der Waals surface area (Å²) in [6.45, 7) is 9.06.